The van der Waals surface area contributed by atoms with Crippen LogP contribution < -0.4 is 14.8 Å². The lowest BCUT2D eigenvalue weighted by Gasteiger charge is -2.15. The Morgan fingerprint density at radius 3 is 2.62 bits per heavy atom. The largest absolute Gasteiger partial charge is 0.495 e. The second-order valence-corrected chi connectivity index (χ2v) is 8.48. The van der Waals surface area contributed by atoms with Gasteiger partial charge in [0.25, 0.3) is 15.9 Å². The van der Waals surface area contributed by atoms with Crippen molar-refractivity contribution < 1.29 is 31.9 Å². The van der Waals surface area contributed by atoms with Gasteiger partial charge in [-0.1, -0.05) is 11.6 Å². The number of furan rings is 1. The summed E-state index contributed by atoms with van der Waals surface area (Å²) in [7, 11) is -2.40. The van der Waals surface area contributed by atoms with Crippen molar-refractivity contribution in [2.75, 3.05) is 12.4 Å². The van der Waals surface area contributed by atoms with E-state index in [0.717, 1.165) is 18.9 Å². The van der Waals surface area contributed by atoms with Gasteiger partial charge in [-0.15, -0.1) is 0 Å². The molecule has 11 heteroatoms. The van der Waals surface area contributed by atoms with Gasteiger partial charge in [0, 0.05) is 11.1 Å². The van der Waals surface area contributed by atoms with Crippen molar-refractivity contribution in [1.82, 2.24) is 4.72 Å². The fourth-order valence-electron chi connectivity index (χ4n) is 2.34. The summed E-state index contributed by atoms with van der Waals surface area (Å²) in [6.07, 6.45) is 0.332. The smallest absolute Gasteiger partial charge is 0.375 e. The fourth-order valence-corrected chi connectivity index (χ4v) is 3.75. The Labute approximate surface area is 172 Å². The van der Waals surface area contributed by atoms with Gasteiger partial charge >= 0.3 is 5.97 Å². The van der Waals surface area contributed by atoms with Crippen molar-refractivity contribution in [3.05, 3.63) is 41.1 Å². The van der Waals surface area contributed by atoms with E-state index in [1.807, 2.05) is 0 Å². The maximum absolute atomic E-state index is 12.3. The van der Waals surface area contributed by atoms with E-state index in [0.29, 0.717) is 16.5 Å². The van der Waals surface area contributed by atoms with Gasteiger partial charge in [-0.3, -0.25) is 4.79 Å². The molecule has 3 rings (SSSR count). The zero-order valence-electron chi connectivity index (χ0n) is 15.6. The first-order valence-electron chi connectivity index (χ1n) is 8.67. The van der Waals surface area contributed by atoms with Gasteiger partial charge in [0.15, 0.2) is 6.10 Å². The maximum atomic E-state index is 12.3. The number of amides is 1. The number of methoxy groups -OCH3 is 1. The minimum absolute atomic E-state index is 0.104. The lowest BCUT2D eigenvalue weighted by atomic mass is 10.2. The highest BCUT2D eigenvalue weighted by Gasteiger charge is 2.31. The highest BCUT2D eigenvalue weighted by atomic mass is 35.5. The number of hydrogen-bond donors (Lipinski definition) is 2. The SMILES string of the molecule is COc1ccc(Cl)cc1NC(=O)C(C)OC(=O)c1ccc(S(=O)(=O)NC2CC2)o1. The molecule has 1 saturated carbocycles. The molecule has 1 aliphatic rings. The van der Waals surface area contributed by atoms with E-state index >= 15 is 0 Å². The molecule has 2 N–H and O–H groups in total. The third kappa shape index (κ3) is 5.28. The molecule has 0 bridgehead atoms. The van der Waals surface area contributed by atoms with Gasteiger partial charge in [0.2, 0.25) is 10.9 Å². The Bertz CT molecular complexity index is 1030. The molecule has 1 fully saturated rings. The van der Waals surface area contributed by atoms with E-state index in [4.69, 9.17) is 25.5 Å². The van der Waals surface area contributed by atoms with E-state index in [1.165, 1.54) is 26.2 Å². The van der Waals surface area contributed by atoms with Crippen molar-refractivity contribution in [2.45, 2.75) is 37.0 Å². The minimum Gasteiger partial charge on any atom is -0.495 e. The van der Waals surface area contributed by atoms with Gasteiger partial charge in [-0.05, 0) is 50.1 Å². The molecule has 1 aliphatic carbocycles. The van der Waals surface area contributed by atoms with Gasteiger partial charge < -0.3 is 19.2 Å². The third-order valence-corrected chi connectivity index (χ3v) is 5.65. The summed E-state index contributed by atoms with van der Waals surface area (Å²) in [6.45, 7) is 1.36. The van der Waals surface area contributed by atoms with Gasteiger partial charge in [0.1, 0.15) is 5.75 Å². The number of carbonyl (C=O) groups excluding carboxylic acids is 2. The van der Waals surface area contributed by atoms with Crippen LogP contribution in [0.4, 0.5) is 5.69 Å². The molecule has 2 aromatic rings. The molecular weight excluding hydrogens is 424 g/mol. The van der Waals surface area contributed by atoms with Crippen LogP contribution in [0.5, 0.6) is 5.75 Å². The molecule has 29 heavy (non-hydrogen) atoms. The molecule has 1 heterocycles. The van der Waals surface area contributed by atoms with Gasteiger partial charge in [0.05, 0.1) is 12.8 Å². The summed E-state index contributed by atoms with van der Waals surface area (Å²) >= 11 is 5.92. The third-order valence-electron chi connectivity index (χ3n) is 4.02. The van der Waals surface area contributed by atoms with E-state index in [2.05, 4.69) is 10.0 Å². The Morgan fingerprint density at radius 1 is 1.24 bits per heavy atom. The molecule has 1 aromatic heterocycles. The molecule has 1 unspecified atom stereocenters. The average molecular weight is 443 g/mol. The number of benzene rings is 1. The van der Waals surface area contributed by atoms with E-state index in [-0.39, 0.29) is 11.8 Å². The number of sulfonamides is 1. The lowest BCUT2D eigenvalue weighted by molar-refractivity contribution is -0.123. The fraction of sp³-hybridized carbons (Fsp3) is 0.333. The number of ether oxygens (including phenoxy) is 2. The molecule has 0 radical (unpaired) electrons. The summed E-state index contributed by atoms with van der Waals surface area (Å²) in [5, 5.41) is 2.55. The van der Waals surface area contributed by atoms with Crippen LogP contribution in [0.25, 0.3) is 0 Å². The summed E-state index contributed by atoms with van der Waals surface area (Å²) in [5.74, 6) is -1.56. The van der Waals surface area contributed by atoms with Crippen LogP contribution in [0.2, 0.25) is 5.02 Å². The average Bonchev–Trinajstić information content (AvgIpc) is 3.31. The van der Waals surface area contributed by atoms with Crippen molar-refractivity contribution in [1.29, 1.82) is 0 Å². The maximum Gasteiger partial charge on any atom is 0.375 e. The zero-order chi connectivity index (χ0) is 21.2. The van der Waals surface area contributed by atoms with E-state index < -0.39 is 33.1 Å². The number of hydrogen-bond acceptors (Lipinski definition) is 7. The van der Waals surface area contributed by atoms with Crippen LogP contribution in [-0.2, 0) is 19.6 Å². The number of nitrogens with one attached hydrogen (secondary N) is 2. The molecule has 0 saturated heterocycles. The quantitative estimate of drug-likeness (QED) is 0.602. The molecule has 0 spiro atoms. The molecule has 156 valence electrons. The van der Waals surface area contributed by atoms with Gasteiger partial charge in [-0.25, -0.2) is 17.9 Å². The van der Waals surface area contributed by atoms with E-state index in [9.17, 15) is 18.0 Å². The highest BCUT2D eigenvalue weighted by Crippen LogP contribution is 2.28. The topological polar surface area (TPSA) is 124 Å². The van der Waals surface area contributed by atoms with Crippen LogP contribution in [0.1, 0.15) is 30.3 Å². The number of carbonyl (C=O) groups is 2. The van der Waals surface area contributed by atoms with Crippen LogP contribution in [0.3, 0.4) is 0 Å². The Morgan fingerprint density at radius 2 is 1.97 bits per heavy atom. The van der Waals surface area contributed by atoms with Gasteiger partial charge in [-0.2, -0.15) is 0 Å². The first kappa shape index (κ1) is 21.2. The van der Waals surface area contributed by atoms with Crippen molar-refractivity contribution >= 4 is 39.2 Å². The number of anilines is 1. The van der Waals surface area contributed by atoms with Crippen LogP contribution in [-0.4, -0.2) is 39.5 Å². The Kier molecular flexibility index (Phi) is 6.15. The number of halogens is 1. The standard InChI is InChI=1S/C18H19ClN2O7S/c1-10(17(22)20-13-9-11(19)3-6-14(13)26-2)27-18(23)15-7-8-16(28-15)29(24,25)21-12-4-5-12/h3,6-10,12,21H,4-5H2,1-2H3,(H,20,22). The monoisotopic (exact) mass is 442 g/mol. The molecule has 0 aliphatic heterocycles. The van der Waals surface area contributed by atoms with E-state index in [1.54, 1.807) is 12.1 Å². The molecule has 1 amide bonds. The van der Waals surface area contributed by atoms with Crippen molar-refractivity contribution in [3.63, 3.8) is 0 Å². The second kappa shape index (κ2) is 8.44. The molecule has 1 aromatic carbocycles. The second-order valence-electron chi connectivity index (χ2n) is 6.40. The summed E-state index contributed by atoms with van der Waals surface area (Å²) < 4.78 is 41.9. The summed E-state index contributed by atoms with van der Waals surface area (Å²) in [5.41, 5.74) is 0.311. The number of rotatable bonds is 8. The number of esters is 1. The lowest BCUT2D eigenvalue weighted by Crippen LogP contribution is -2.30. The summed E-state index contributed by atoms with van der Waals surface area (Å²) in [6, 6.07) is 6.89. The minimum atomic E-state index is -3.84. The predicted molar refractivity (Wildman–Crippen MR) is 104 cm³/mol. The Hall–Kier alpha value is -2.56. The van der Waals surface area contributed by atoms with Crippen LogP contribution in [0.15, 0.2) is 39.8 Å². The van der Waals surface area contributed by atoms with Crippen molar-refractivity contribution in [2.24, 2.45) is 0 Å². The Balaban J connectivity index is 1.63. The van der Waals surface area contributed by atoms with Crippen LogP contribution in [0, 0.1) is 0 Å². The summed E-state index contributed by atoms with van der Waals surface area (Å²) in [4.78, 5) is 24.5. The highest BCUT2D eigenvalue weighted by molar-refractivity contribution is 7.89. The first-order chi connectivity index (χ1) is 13.7. The van der Waals surface area contributed by atoms with Crippen LogP contribution >= 0.6 is 11.6 Å². The zero-order valence-corrected chi connectivity index (χ0v) is 17.2. The molecular formula is C18H19ClN2O7S. The first-order valence-corrected chi connectivity index (χ1v) is 10.5. The predicted octanol–water partition coefficient (Wildman–Crippen LogP) is 2.57. The van der Waals surface area contributed by atoms with Crippen molar-refractivity contribution in [3.8, 4) is 5.75 Å². The normalized spacial score (nSPS) is 14.9. The molecule has 9 nitrogen and oxygen atoms in total. The molecule has 1 atom stereocenters.